The van der Waals surface area contributed by atoms with Crippen LogP contribution in [-0.4, -0.2) is 33.4 Å². The first-order valence-electron chi connectivity index (χ1n) is 8.68. The van der Waals surface area contributed by atoms with Crippen LogP contribution in [0.15, 0.2) is 42.6 Å². The second kappa shape index (κ2) is 6.60. The molecular formula is C21H16F2N2O3. The topological polar surface area (TPSA) is 73.4 Å². The van der Waals surface area contributed by atoms with E-state index in [1.165, 1.54) is 6.20 Å². The van der Waals surface area contributed by atoms with Gasteiger partial charge in [-0.1, -0.05) is 18.2 Å². The minimum Gasteiger partial charge on any atom is -0.478 e. The van der Waals surface area contributed by atoms with E-state index in [0.717, 1.165) is 39.1 Å². The van der Waals surface area contributed by atoms with E-state index in [-0.39, 0.29) is 17.7 Å². The Labute approximate surface area is 158 Å². The highest BCUT2D eigenvalue weighted by Crippen LogP contribution is 2.32. The summed E-state index contributed by atoms with van der Waals surface area (Å²) in [6.45, 7) is 2.09. The molecule has 28 heavy (non-hydrogen) atoms. The van der Waals surface area contributed by atoms with E-state index < -0.39 is 23.5 Å². The Morgan fingerprint density at radius 2 is 1.96 bits per heavy atom. The van der Waals surface area contributed by atoms with E-state index >= 15 is 0 Å². The number of aliphatic carboxylic acids is 1. The van der Waals surface area contributed by atoms with Gasteiger partial charge in [-0.3, -0.25) is 4.79 Å². The van der Waals surface area contributed by atoms with Crippen LogP contribution in [0.3, 0.4) is 0 Å². The zero-order valence-corrected chi connectivity index (χ0v) is 14.9. The SMILES string of the molecule is Cc1cccc2c3c([nH]c12)C(C(=O)O)=CN(C(=O)c1ccc(F)cc1F)CC3. The summed E-state index contributed by atoms with van der Waals surface area (Å²) in [5, 5.41) is 10.6. The fourth-order valence-corrected chi connectivity index (χ4v) is 3.57. The van der Waals surface area contributed by atoms with Crippen molar-refractivity contribution in [2.75, 3.05) is 6.54 Å². The number of hydrogen-bond donors (Lipinski definition) is 2. The molecule has 3 aromatic rings. The molecule has 1 aliphatic rings. The molecule has 0 atom stereocenters. The van der Waals surface area contributed by atoms with Crippen molar-refractivity contribution in [1.82, 2.24) is 9.88 Å². The molecule has 0 aliphatic carbocycles. The van der Waals surface area contributed by atoms with Crippen molar-refractivity contribution in [3.63, 3.8) is 0 Å². The van der Waals surface area contributed by atoms with Gasteiger partial charge in [-0.05, 0) is 36.6 Å². The summed E-state index contributed by atoms with van der Waals surface area (Å²) in [6, 6.07) is 8.39. The van der Waals surface area contributed by atoms with Crippen LogP contribution in [0.4, 0.5) is 8.78 Å². The summed E-state index contributed by atoms with van der Waals surface area (Å²) in [7, 11) is 0. The molecule has 0 unspecified atom stereocenters. The number of carbonyl (C=O) groups is 2. The molecule has 1 aromatic heterocycles. The third-order valence-corrected chi connectivity index (χ3v) is 4.96. The Morgan fingerprint density at radius 1 is 1.18 bits per heavy atom. The number of halogens is 2. The van der Waals surface area contributed by atoms with Gasteiger partial charge in [-0.2, -0.15) is 0 Å². The third-order valence-electron chi connectivity index (χ3n) is 4.96. The zero-order chi connectivity index (χ0) is 20.0. The molecule has 2 heterocycles. The molecule has 7 heteroatoms. The summed E-state index contributed by atoms with van der Waals surface area (Å²) >= 11 is 0. The molecule has 0 bridgehead atoms. The monoisotopic (exact) mass is 382 g/mol. The number of carboxylic acids is 1. The summed E-state index contributed by atoms with van der Waals surface area (Å²) in [6.07, 6.45) is 1.60. The number of nitrogens with zero attached hydrogens (tertiary/aromatic N) is 1. The number of para-hydroxylation sites is 1. The van der Waals surface area contributed by atoms with E-state index in [1.54, 1.807) is 0 Å². The first-order chi connectivity index (χ1) is 13.4. The number of carbonyl (C=O) groups excluding carboxylic acids is 1. The van der Waals surface area contributed by atoms with Crippen molar-refractivity contribution in [2.45, 2.75) is 13.3 Å². The second-order valence-corrected chi connectivity index (χ2v) is 6.70. The van der Waals surface area contributed by atoms with Gasteiger partial charge in [0.25, 0.3) is 5.91 Å². The largest absolute Gasteiger partial charge is 0.478 e. The average Bonchev–Trinajstić information content (AvgIpc) is 2.90. The number of H-pyrrole nitrogens is 1. The van der Waals surface area contributed by atoms with E-state index in [4.69, 9.17) is 0 Å². The van der Waals surface area contributed by atoms with Crippen molar-refractivity contribution < 1.29 is 23.5 Å². The molecule has 0 saturated heterocycles. The smallest absolute Gasteiger partial charge is 0.339 e. The fraction of sp³-hybridized carbons (Fsp3) is 0.143. The van der Waals surface area contributed by atoms with Crippen LogP contribution in [0.5, 0.6) is 0 Å². The van der Waals surface area contributed by atoms with Crippen molar-refractivity contribution in [2.24, 2.45) is 0 Å². The summed E-state index contributed by atoms with van der Waals surface area (Å²) < 4.78 is 27.2. The lowest BCUT2D eigenvalue weighted by Crippen LogP contribution is -2.28. The number of aromatic nitrogens is 1. The van der Waals surface area contributed by atoms with E-state index in [9.17, 15) is 23.5 Å². The van der Waals surface area contributed by atoms with Gasteiger partial charge in [-0.25, -0.2) is 13.6 Å². The normalized spacial score (nSPS) is 13.8. The van der Waals surface area contributed by atoms with Gasteiger partial charge < -0.3 is 15.0 Å². The molecular weight excluding hydrogens is 366 g/mol. The number of aryl methyl sites for hydroxylation is 1. The van der Waals surface area contributed by atoms with Gasteiger partial charge in [-0.15, -0.1) is 0 Å². The maximum Gasteiger partial charge on any atom is 0.339 e. The van der Waals surface area contributed by atoms with Gasteiger partial charge in [0.2, 0.25) is 0 Å². The van der Waals surface area contributed by atoms with Crippen molar-refractivity contribution in [1.29, 1.82) is 0 Å². The first kappa shape index (κ1) is 17.9. The highest BCUT2D eigenvalue weighted by molar-refractivity contribution is 6.17. The summed E-state index contributed by atoms with van der Waals surface area (Å²) in [5.41, 5.74) is 2.67. The van der Waals surface area contributed by atoms with Gasteiger partial charge in [0, 0.05) is 29.7 Å². The first-order valence-corrected chi connectivity index (χ1v) is 8.68. The molecule has 1 aliphatic heterocycles. The van der Waals surface area contributed by atoms with Crippen LogP contribution in [-0.2, 0) is 11.2 Å². The van der Waals surface area contributed by atoms with Crippen LogP contribution in [0.1, 0.15) is 27.2 Å². The Balaban J connectivity index is 1.82. The molecule has 0 spiro atoms. The minimum absolute atomic E-state index is 0.0843. The van der Waals surface area contributed by atoms with Gasteiger partial charge in [0.1, 0.15) is 11.6 Å². The molecule has 2 N–H and O–H groups in total. The van der Waals surface area contributed by atoms with Gasteiger partial charge in [0.05, 0.1) is 16.8 Å². The Bertz CT molecular complexity index is 1160. The van der Waals surface area contributed by atoms with Crippen LogP contribution in [0, 0.1) is 18.6 Å². The van der Waals surface area contributed by atoms with Crippen molar-refractivity contribution >= 4 is 28.4 Å². The molecule has 0 fully saturated rings. The molecule has 1 amide bonds. The summed E-state index contributed by atoms with van der Waals surface area (Å²) in [5.74, 6) is -3.70. The number of amides is 1. The van der Waals surface area contributed by atoms with Crippen molar-refractivity contribution in [3.8, 4) is 0 Å². The standard InChI is InChI=1S/C21H16F2N2O3/c1-11-3-2-4-13-14-7-8-25(10-16(21(27)28)19(14)24-18(11)13)20(26)15-6-5-12(22)9-17(15)23/h2-6,9-10,24H,7-8H2,1H3,(H,27,28). The lowest BCUT2D eigenvalue weighted by atomic mass is 10.0. The number of aromatic amines is 1. The second-order valence-electron chi connectivity index (χ2n) is 6.70. The van der Waals surface area contributed by atoms with E-state index in [2.05, 4.69) is 4.98 Å². The maximum atomic E-state index is 14.0. The van der Waals surface area contributed by atoms with E-state index in [1.807, 2.05) is 25.1 Å². The fourth-order valence-electron chi connectivity index (χ4n) is 3.57. The third kappa shape index (κ3) is 2.85. The molecule has 5 nitrogen and oxygen atoms in total. The zero-order valence-electron chi connectivity index (χ0n) is 14.9. The van der Waals surface area contributed by atoms with Gasteiger partial charge >= 0.3 is 5.97 Å². The van der Waals surface area contributed by atoms with E-state index in [0.29, 0.717) is 18.2 Å². The van der Waals surface area contributed by atoms with Gasteiger partial charge in [0.15, 0.2) is 0 Å². The number of hydrogen-bond acceptors (Lipinski definition) is 2. The quantitative estimate of drug-likeness (QED) is 0.707. The number of nitrogens with one attached hydrogen (secondary N) is 1. The number of fused-ring (bicyclic) bond motifs is 3. The summed E-state index contributed by atoms with van der Waals surface area (Å²) in [4.78, 5) is 29.0. The molecule has 2 aromatic carbocycles. The Hall–Kier alpha value is -3.48. The predicted molar refractivity (Wildman–Crippen MR) is 99.7 cm³/mol. The van der Waals surface area contributed by atoms with Crippen LogP contribution in [0.2, 0.25) is 0 Å². The number of benzene rings is 2. The van der Waals surface area contributed by atoms with Crippen LogP contribution >= 0.6 is 0 Å². The lowest BCUT2D eigenvalue weighted by molar-refractivity contribution is -0.130. The highest BCUT2D eigenvalue weighted by atomic mass is 19.1. The maximum absolute atomic E-state index is 14.0. The molecule has 0 radical (unpaired) electrons. The van der Waals surface area contributed by atoms with Crippen LogP contribution < -0.4 is 0 Å². The molecule has 0 saturated carbocycles. The lowest BCUT2D eigenvalue weighted by Gasteiger charge is -2.18. The number of carboxylic acid groups (broad SMARTS) is 1. The molecule has 142 valence electrons. The molecule has 4 rings (SSSR count). The highest BCUT2D eigenvalue weighted by Gasteiger charge is 2.28. The predicted octanol–water partition coefficient (Wildman–Crippen LogP) is 3.88. The minimum atomic E-state index is -1.20. The Kier molecular flexibility index (Phi) is 4.22. The average molecular weight is 382 g/mol. The Morgan fingerprint density at radius 3 is 2.68 bits per heavy atom. The number of rotatable bonds is 2. The van der Waals surface area contributed by atoms with Crippen LogP contribution in [0.25, 0.3) is 16.5 Å². The van der Waals surface area contributed by atoms with Crippen molar-refractivity contribution in [3.05, 3.63) is 76.6 Å².